The summed E-state index contributed by atoms with van der Waals surface area (Å²) in [4.78, 5) is 21.5. The van der Waals surface area contributed by atoms with Gasteiger partial charge in [0.2, 0.25) is 11.8 Å². The molecule has 0 bridgehead atoms. The van der Waals surface area contributed by atoms with E-state index in [1.54, 1.807) is 0 Å². The Bertz CT molecular complexity index is 261. The molecule has 0 aromatic heterocycles. The number of amides is 2. The summed E-state index contributed by atoms with van der Waals surface area (Å²) in [5.41, 5.74) is 4.91. The number of rotatable bonds is 4. The summed E-state index contributed by atoms with van der Waals surface area (Å²) < 4.78 is 2.78. The van der Waals surface area contributed by atoms with Gasteiger partial charge in [-0.2, -0.15) is 0 Å². The first-order valence-electron chi connectivity index (χ1n) is 3.89. The molecule has 0 spiro atoms. The van der Waals surface area contributed by atoms with E-state index < -0.39 is 17.0 Å². The quantitative estimate of drug-likeness (QED) is 0.572. The minimum atomic E-state index is -0.628. The van der Waals surface area contributed by atoms with Gasteiger partial charge in [0.25, 0.3) is 0 Å². The minimum Gasteiger partial charge on any atom is -0.370 e. The fourth-order valence-electron chi connectivity index (χ4n) is 0.846. The highest BCUT2D eigenvalue weighted by atomic mass is 32.2. The van der Waals surface area contributed by atoms with E-state index in [1.807, 2.05) is 23.0 Å². The van der Waals surface area contributed by atoms with Crippen molar-refractivity contribution in [2.24, 2.45) is 5.73 Å². The van der Waals surface area contributed by atoms with Gasteiger partial charge in [-0.15, -0.1) is 11.1 Å². The zero-order valence-electron chi connectivity index (χ0n) is 7.06. The topological polar surface area (TPSA) is 72.2 Å². The van der Waals surface area contributed by atoms with Crippen molar-refractivity contribution in [1.82, 2.24) is 4.72 Å². The van der Waals surface area contributed by atoms with E-state index in [4.69, 9.17) is 5.73 Å². The van der Waals surface area contributed by atoms with E-state index in [9.17, 15) is 9.59 Å². The Morgan fingerprint density at radius 3 is 2.38 bits per heavy atom. The molecule has 1 rings (SSSR count). The van der Waals surface area contributed by atoms with Crippen molar-refractivity contribution in [3.63, 3.8) is 0 Å². The molecule has 1 aliphatic heterocycles. The zero-order valence-corrected chi connectivity index (χ0v) is 7.96. The lowest BCUT2D eigenvalue weighted by Crippen LogP contribution is -2.21. The maximum absolute atomic E-state index is 11.1. The van der Waals surface area contributed by atoms with Gasteiger partial charge < -0.3 is 10.5 Å². The number of carbonyl (C=O) groups excluding carboxylic acids is 2. The molecule has 72 valence electrons. The van der Waals surface area contributed by atoms with Crippen LogP contribution < -0.4 is 10.5 Å². The van der Waals surface area contributed by atoms with E-state index >= 15 is 0 Å². The third-order valence-electron chi connectivity index (χ3n) is 1.46. The Hall–Kier alpha value is -1.23. The van der Waals surface area contributed by atoms with Crippen molar-refractivity contribution in [3.05, 3.63) is 23.0 Å². The maximum Gasteiger partial charge on any atom is 0.229 e. The summed E-state index contributed by atoms with van der Waals surface area (Å²) >= 11 is -0.628. The maximum atomic E-state index is 11.1. The third kappa shape index (κ3) is 3.80. The largest absolute Gasteiger partial charge is 0.370 e. The summed E-state index contributed by atoms with van der Waals surface area (Å²) in [6, 6.07) is 0. The van der Waals surface area contributed by atoms with Gasteiger partial charge in [-0.1, -0.05) is 12.2 Å². The summed E-state index contributed by atoms with van der Waals surface area (Å²) in [6.07, 6.45) is 4.07. The number of thiol groups is 1. The van der Waals surface area contributed by atoms with Crippen molar-refractivity contribution in [3.8, 4) is 0 Å². The predicted octanol–water partition coefficient (Wildman–Crippen LogP) is 0.325. The normalized spacial score (nSPS) is 16.2. The second kappa shape index (κ2) is 4.71. The van der Waals surface area contributed by atoms with Gasteiger partial charge in [0.05, 0.1) is 0 Å². The average Bonchev–Trinajstić information content (AvgIpc) is 2.53. The van der Waals surface area contributed by atoms with Gasteiger partial charge in [0, 0.05) is 12.8 Å². The molecule has 2 amide bonds. The van der Waals surface area contributed by atoms with E-state index in [1.165, 1.54) is 0 Å². The van der Waals surface area contributed by atoms with Crippen LogP contribution in [0.4, 0.5) is 0 Å². The molecule has 0 atom stereocenters. The molecule has 0 aromatic rings. The highest BCUT2D eigenvalue weighted by Crippen LogP contribution is 2.27. The SMILES string of the molecule is NC(=O)CCC(=O)N[SH]1C=CC=C1. The first-order chi connectivity index (χ1) is 6.18. The second-order valence-electron chi connectivity index (χ2n) is 2.59. The molecule has 0 unspecified atom stereocenters. The van der Waals surface area contributed by atoms with E-state index in [2.05, 4.69) is 4.72 Å². The second-order valence-corrected chi connectivity index (χ2v) is 4.23. The van der Waals surface area contributed by atoms with Crippen LogP contribution in [0.1, 0.15) is 12.8 Å². The summed E-state index contributed by atoms with van der Waals surface area (Å²) in [5.74, 6) is -0.568. The highest BCUT2D eigenvalue weighted by molar-refractivity contribution is 8.21. The average molecular weight is 200 g/mol. The van der Waals surface area contributed by atoms with Gasteiger partial charge in [-0.05, 0) is 10.8 Å². The van der Waals surface area contributed by atoms with Crippen molar-refractivity contribution in [2.45, 2.75) is 12.8 Å². The molecule has 0 aromatic carbocycles. The Morgan fingerprint density at radius 1 is 1.23 bits per heavy atom. The number of hydrogen-bond acceptors (Lipinski definition) is 2. The van der Waals surface area contributed by atoms with E-state index in [0.717, 1.165) is 0 Å². The molecule has 13 heavy (non-hydrogen) atoms. The predicted molar refractivity (Wildman–Crippen MR) is 53.8 cm³/mol. The monoisotopic (exact) mass is 200 g/mol. The fourth-order valence-corrected chi connectivity index (χ4v) is 2.06. The molecule has 0 saturated carbocycles. The van der Waals surface area contributed by atoms with E-state index in [0.29, 0.717) is 0 Å². The molecule has 5 heteroatoms. The van der Waals surface area contributed by atoms with Crippen LogP contribution >= 0.6 is 11.1 Å². The Labute approximate surface area is 79.3 Å². The summed E-state index contributed by atoms with van der Waals surface area (Å²) in [7, 11) is 0. The van der Waals surface area contributed by atoms with Gasteiger partial charge >= 0.3 is 0 Å². The molecular weight excluding hydrogens is 188 g/mol. The number of allylic oxidation sites excluding steroid dienone is 2. The molecule has 3 N–H and O–H groups in total. The van der Waals surface area contributed by atoms with Crippen LogP contribution in [-0.2, 0) is 9.59 Å². The van der Waals surface area contributed by atoms with Crippen molar-refractivity contribution < 1.29 is 9.59 Å². The van der Waals surface area contributed by atoms with Gasteiger partial charge in [-0.25, -0.2) is 0 Å². The first-order valence-corrected chi connectivity index (χ1v) is 5.37. The summed E-state index contributed by atoms with van der Waals surface area (Å²) in [6.45, 7) is 0. The zero-order chi connectivity index (χ0) is 9.68. The van der Waals surface area contributed by atoms with Crippen LogP contribution in [0.5, 0.6) is 0 Å². The molecule has 0 aliphatic carbocycles. The lowest BCUT2D eigenvalue weighted by atomic mass is 10.3. The molecule has 0 fully saturated rings. The van der Waals surface area contributed by atoms with Crippen LogP contribution in [0.3, 0.4) is 0 Å². The Balaban J connectivity index is 2.21. The number of primary amides is 1. The standard InChI is InChI=1S/C8H12N2O2S/c9-7(11)3-4-8(12)10-13-5-1-2-6-13/h1-2,5-6,13H,3-4H2,(H2,9,11)(H,10,12). The molecule has 4 nitrogen and oxygen atoms in total. The Kier molecular flexibility index (Phi) is 3.57. The Morgan fingerprint density at radius 2 is 1.85 bits per heavy atom. The van der Waals surface area contributed by atoms with Gasteiger partial charge in [0.15, 0.2) is 0 Å². The van der Waals surface area contributed by atoms with Crippen molar-refractivity contribution in [2.75, 3.05) is 0 Å². The number of hydrogen-bond donors (Lipinski definition) is 3. The fraction of sp³-hybridized carbons (Fsp3) is 0.250. The first kappa shape index (κ1) is 9.85. The molecule has 0 saturated heterocycles. The molecule has 1 heterocycles. The lowest BCUT2D eigenvalue weighted by molar-refractivity contribution is -0.123. The highest BCUT2D eigenvalue weighted by Gasteiger charge is 2.06. The van der Waals surface area contributed by atoms with Crippen molar-refractivity contribution in [1.29, 1.82) is 0 Å². The molecule has 0 radical (unpaired) electrons. The number of carbonyl (C=O) groups is 2. The lowest BCUT2D eigenvalue weighted by Gasteiger charge is -2.11. The molecule has 1 aliphatic rings. The van der Waals surface area contributed by atoms with Crippen LogP contribution in [-0.4, -0.2) is 11.8 Å². The van der Waals surface area contributed by atoms with Gasteiger partial charge in [0.1, 0.15) is 0 Å². The number of nitrogens with two attached hydrogens (primary N) is 1. The third-order valence-corrected chi connectivity index (χ3v) is 2.95. The van der Waals surface area contributed by atoms with Crippen LogP contribution in [0, 0.1) is 0 Å². The van der Waals surface area contributed by atoms with Crippen LogP contribution in [0.2, 0.25) is 0 Å². The smallest absolute Gasteiger partial charge is 0.229 e. The molecular formula is C8H12N2O2S. The van der Waals surface area contributed by atoms with Crippen LogP contribution in [0.15, 0.2) is 23.0 Å². The van der Waals surface area contributed by atoms with Crippen LogP contribution in [0.25, 0.3) is 0 Å². The minimum absolute atomic E-state index is 0.114. The van der Waals surface area contributed by atoms with Crippen molar-refractivity contribution >= 4 is 22.9 Å². The van der Waals surface area contributed by atoms with Gasteiger partial charge in [-0.3, -0.25) is 9.59 Å². The summed E-state index contributed by atoms with van der Waals surface area (Å²) in [5, 5.41) is 3.86. The number of nitrogens with one attached hydrogen (secondary N) is 1. The van der Waals surface area contributed by atoms with E-state index in [-0.39, 0.29) is 18.7 Å².